The minimum absolute atomic E-state index is 0.0853. The molecule has 0 aromatic rings. The molecule has 0 bridgehead atoms. The zero-order chi connectivity index (χ0) is 11.5. The molecule has 0 aliphatic carbocycles. The van der Waals surface area contributed by atoms with Crippen molar-refractivity contribution < 1.29 is 9.53 Å². The molecule has 15 heavy (non-hydrogen) atoms. The summed E-state index contributed by atoms with van der Waals surface area (Å²) in [6, 6.07) is 0. The molecule has 7 nitrogen and oxygen atoms in total. The van der Waals surface area contributed by atoms with E-state index in [0.29, 0.717) is 25.7 Å². The van der Waals surface area contributed by atoms with Crippen molar-refractivity contribution in [1.29, 1.82) is 0 Å². The van der Waals surface area contributed by atoms with Crippen LogP contribution >= 0.6 is 0 Å². The van der Waals surface area contributed by atoms with Crippen molar-refractivity contribution in [2.45, 2.75) is 13.3 Å². The van der Waals surface area contributed by atoms with E-state index in [-0.39, 0.29) is 6.54 Å². The first-order valence-corrected chi connectivity index (χ1v) is 4.81. The third-order valence-electron chi connectivity index (χ3n) is 1.49. The molecule has 0 spiro atoms. The number of nitrogens with one attached hydrogen (secondary N) is 2. The number of nitrogens with two attached hydrogens (primary N) is 2. The monoisotopic (exact) mass is 217 g/mol. The number of carbonyl (C=O) groups is 1. The van der Waals surface area contributed by atoms with Gasteiger partial charge in [-0.05, 0) is 13.3 Å². The van der Waals surface area contributed by atoms with Crippen LogP contribution in [0.4, 0.5) is 0 Å². The van der Waals surface area contributed by atoms with Gasteiger partial charge in [-0.15, -0.1) is 0 Å². The maximum atomic E-state index is 10.4. The molecule has 0 radical (unpaired) electrons. The number of guanidine groups is 1. The standard InChI is InChI=1S/C8H19N5O2/c1-2-15-5-3-4-11-8(13-10)12-6-7(9)14/h2-6,10H2,1H3,(H2,9,14)(H2,11,12,13). The van der Waals surface area contributed by atoms with Gasteiger partial charge in [0.15, 0.2) is 0 Å². The number of aliphatic imine (C=N–C) groups is 1. The van der Waals surface area contributed by atoms with E-state index >= 15 is 0 Å². The number of hydrazine groups is 1. The van der Waals surface area contributed by atoms with Crippen molar-refractivity contribution in [2.75, 3.05) is 26.3 Å². The average Bonchev–Trinajstić information content (AvgIpc) is 2.22. The van der Waals surface area contributed by atoms with E-state index in [1.54, 1.807) is 0 Å². The summed E-state index contributed by atoms with van der Waals surface area (Å²) in [5.74, 6) is 5.02. The number of ether oxygens (including phenoxy) is 1. The van der Waals surface area contributed by atoms with Gasteiger partial charge in [0.1, 0.15) is 6.54 Å². The molecule has 0 rings (SSSR count). The molecular formula is C8H19N5O2. The van der Waals surface area contributed by atoms with Gasteiger partial charge in [0.25, 0.3) is 0 Å². The highest BCUT2D eigenvalue weighted by Gasteiger charge is 1.96. The molecule has 0 unspecified atom stereocenters. The molecule has 0 aromatic carbocycles. The lowest BCUT2D eigenvalue weighted by Gasteiger charge is -2.08. The van der Waals surface area contributed by atoms with Crippen molar-refractivity contribution in [1.82, 2.24) is 10.7 Å². The van der Waals surface area contributed by atoms with E-state index in [4.69, 9.17) is 16.3 Å². The van der Waals surface area contributed by atoms with Crippen molar-refractivity contribution >= 4 is 11.9 Å². The molecule has 0 saturated carbocycles. The minimum Gasteiger partial charge on any atom is -0.382 e. The Kier molecular flexibility index (Phi) is 8.40. The number of hydrogen-bond acceptors (Lipinski definition) is 4. The third kappa shape index (κ3) is 8.98. The molecule has 0 fully saturated rings. The first-order chi connectivity index (χ1) is 7.20. The van der Waals surface area contributed by atoms with Crippen LogP contribution in [0.1, 0.15) is 13.3 Å². The van der Waals surface area contributed by atoms with Gasteiger partial charge in [-0.3, -0.25) is 10.2 Å². The fourth-order valence-corrected chi connectivity index (χ4v) is 0.835. The second kappa shape index (κ2) is 9.22. The average molecular weight is 217 g/mol. The highest BCUT2D eigenvalue weighted by atomic mass is 16.5. The lowest BCUT2D eigenvalue weighted by Crippen LogP contribution is -2.42. The number of nitrogens with zero attached hydrogens (tertiary/aromatic N) is 1. The van der Waals surface area contributed by atoms with Gasteiger partial charge in [0.2, 0.25) is 11.9 Å². The van der Waals surface area contributed by atoms with Gasteiger partial charge >= 0.3 is 0 Å². The lowest BCUT2D eigenvalue weighted by atomic mass is 10.4. The fourth-order valence-electron chi connectivity index (χ4n) is 0.835. The summed E-state index contributed by atoms with van der Waals surface area (Å²) in [5, 5.41) is 2.91. The Hall–Kier alpha value is -1.34. The van der Waals surface area contributed by atoms with Gasteiger partial charge in [0, 0.05) is 19.8 Å². The van der Waals surface area contributed by atoms with Crippen LogP contribution in [-0.4, -0.2) is 38.2 Å². The number of carbonyl (C=O) groups excluding carboxylic acids is 1. The van der Waals surface area contributed by atoms with Gasteiger partial charge in [-0.2, -0.15) is 0 Å². The van der Waals surface area contributed by atoms with Crippen molar-refractivity contribution in [2.24, 2.45) is 16.6 Å². The Morgan fingerprint density at radius 3 is 2.80 bits per heavy atom. The first-order valence-electron chi connectivity index (χ1n) is 4.81. The molecule has 7 heteroatoms. The number of primary amides is 1. The van der Waals surface area contributed by atoms with Crippen LogP contribution < -0.4 is 22.3 Å². The first kappa shape index (κ1) is 13.7. The van der Waals surface area contributed by atoms with Crippen molar-refractivity contribution in [3.05, 3.63) is 0 Å². The lowest BCUT2D eigenvalue weighted by molar-refractivity contribution is -0.116. The maximum absolute atomic E-state index is 10.4. The zero-order valence-corrected chi connectivity index (χ0v) is 8.95. The second-order valence-corrected chi connectivity index (χ2v) is 2.75. The van der Waals surface area contributed by atoms with E-state index in [9.17, 15) is 4.79 Å². The Bertz CT molecular complexity index is 207. The fraction of sp³-hybridized carbons (Fsp3) is 0.750. The van der Waals surface area contributed by atoms with Crippen LogP contribution in [0.15, 0.2) is 4.99 Å². The summed E-state index contributed by atoms with van der Waals surface area (Å²) in [7, 11) is 0. The highest BCUT2D eigenvalue weighted by Crippen LogP contribution is 1.80. The maximum Gasteiger partial charge on any atom is 0.239 e. The Morgan fingerprint density at radius 2 is 2.27 bits per heavy atom. The van der Waals surface area contributed by atoms with Gasteiger partial charge in [0.05, 0.1) is 0 Å². The molecule has 0 atom stereocenters. The van der Waals surface area contributed by atoms with Crippen LogP contribution in [0.2, 0.25) is 0 Å². The largest absolute Gasteiger partial charge is 0.382 e. The summed E-state index contributed by atoms with van der Waals surface area (Å²) in [6.07, 6.45) is 0.838. The van der Waals surface area contributed by atoms with Crippen LogP contribution in [0.5, 0.6) is 0 Å². The molecule has 0 aromatic heterocycles. The van der Waals surface area contributed by atoms with Gasteiger partial charge < -0.3 is 15.8 Å². The summed E-state index contributed by atoms with van der Waals surface area (Å²) in [6.45, 7) is 3.91. The molecule has 0 heterocycles. The molecule has 88 valence electrons. The Morgan fingerprint density at radius 1 is 1.53 bits per heavy atom. The normalized spacial score (nSPS) is 11.2. The topological polar surface area (TPSA) is 115 Å². The summed E-state index contributed by atoms with van der Waals surface area (Å²) >= 11 is 0. The van der Waals surface area contributed by atoms with E-state index in [1.807, 2.05) is 6.92 Å². The zero-order valence-electron chi connectivity index (χ0n) is 8.95. The van der Waals surface area contributed by atoms with Crippen LogP contribution in [0.25, 0.3) is 0 Å². The van der Waals surface area contributed by atoms with Crippen LogP contribution in [0.3, 0.4) is 0 Å². The number of rotatable bonds is 7. The van der Waals surface area contributed by atoms with Crippen LogP contribution in [-0.2, 0) is 9.53 Å². The predicted octanol–water partition coefficient (Wildman–Crippen LogP) is -1.69. The Balaban J connectivity index is 3.61. The molecule has 0 aliphatic rings. The SMILES string of the molecule is CCOCCCNC(=NCC(N)=O)NN. The third-order valence-corrected chi connectivity index (χ3v) is 1.49. The molecule has 1 amide bonds. The van der Waals surface area contributed by atoms with E-state index < -0.39 is 5.91 Å². The van der Waals surface area contributed by atoms with Crippen molar-refractivity contribution in [3.63, 3.8) is 0 Å². The predicted molar refractivity (Wildman–Crippen MR) is 57.9 cm³/mol. The number of amides is 1. The van der Waals surface area contributed by atoms with Gasteiger partial charge in [-0.1, -0.05) is 0 Å². The van der Waals surface area contributed by atoms with E-state index in [2.05, 4.69) is 15.7 Å². The number of hydrogen-bond donors (Lipinski definition) is 4. The summed E-state index contributed by atoms with van der Waals surface area (Å²) < 4.78 is 5.14. The van der Waals surface area contributed by atoms with E-state index in [0.717, 1.165) is 6.42 Å². The van der Waals surface area contributed by atoms with Gasteiger partial charge in [-0.25, -0.2) is 10.8 Å². The van der Waals surface area contributed by atoms with Crippen LogP contribution in [0, 0.1) is 0 Å². The smallest absolute Gasteiger partial charge is 0.239 e. The minimum atomic E-state index is -0.501. The molecule has 6 N–H and O–H groups in total. The quantitative estimate of drug-likeness (QED) is 0.133. The van der Waals surface area contributed by atoms with E-state index in [1.165, 1.54) is 0 Å². The summed E-state index contributed by atoms with van der Waals surface area (Å²) in [5.41, 5.74) is 7.27. The second-order valence-electron chi connectivity index (χ2n) is 2.75. The Labute approximate surface area is 89.2 Å². The summed E-state index contributed by atoms with van der Waals surface area (Å²) in [4.78, 5) is 14.2. The molecular weight excluding hydrogens is 198 g/mol. The highest BCUT2D eigenvalue weighted by molar-refractivity contribution is 5.83. The molecule has 0 saturated heterocycles. The molecule has 0 aliphatic heterocycles. The van der Waals surface area contributed by atoms with Crippen molar-refractivity contribution in [3.8, 4) is 0 Å².